The van der Waals surface area contributed by atoms with Gasteiger partial charge in [-0.2, -0.15) is 0 Å². The van der Waals surface area contributed by atoms with Crippen molar-refractivity contribution in [2.24, 2.45) is 0 Å². The summed E-state index contributed by atoms with van der Waals surface area (Å²) in [6, 6.07) is 24.4. The molecule has 0 bridgehead atoms. The summed E-state index contributed by atoms with van der Waals surface area (Å²) in [7, 11) is 0. The van der Waals surface area contributed by atoms with Crippen LogP contribution in [0, 0.1) is 6.92 Å². The Bertz CT molecular complexity index is 1150. The highest BCUT2D eigenvalue weighted by atomic mass is 32.2. The number of nitrogens with zero attached hydrogens (tertiary/aromatic N) is 2. The predicted molar refractivity (Wildman–Crippen MR) is 121 cm³/mol. The second-order valence-corrected chi connectivity index (χ2v) is 7.89. The van der Waals surface area contributed by atoms with Crippen LogP contribution in [0.15, 0.2) is 78.0 Å². The molecule has 1 amide bonds. The number of hydrogen-bond acceptors (Lipinski definition) is 3. The minimum atomic E-state index is -0.0397. The molecule has 29 heavy (non-hydrogen) atoms. The largest absolute Gasteiger partial charge is 0.325 e. The van der Waals surface area contributed by atoms with E-state index in [1.807, 2.05) is 48.5 Å². The molecule has 0 aliphatic carbocycles. The fourth-order valence-electron chi connectivity index (χ4n) is 3.27. The maximum atomic E-state index is 12.5. The molecule has 0 saturated heterocycles. The number of benzene rings is 3. The first-order valence-corrected chi connectivity index (χ1v) is 10.7. The van der Waals surface area contributed by atoms with Gasteiger partial charge in [-0.1, -0.05) is 55.1 Å². The molecule has 4 aromatic rings. The van der Waals surface area contributed by atoms with Crippen molar-refractivity contribution in [3.63, 3.8) is 0 Å². The Labute approximate surface area is 175 Å². The Morgan fingerprint density at radius 2 is 1.83 bits per heavy atom. The van der Waals surface area contributed by atoms with E-state index in [-0.39, 0.29) is 5.91 Å². The van der Waals surface area contributed by atoms with Gasteiger partial charge in [0.15, 0.2) is 5.16 Å². The van der Waals surface area contributed by atoms with Crippen LogP contribution in [-0.2, 0) is 11.2 Å². The number of imidazole rings is 1. The monoisotopic (exact) mass is 401 g/mol. The smallest absolute Gasteiger partial charge is 0.234 e. The third-order valence-corrected chi connectivity index (χ3v) is 5.71. The summed E-state index contributed by atoms with van der Waals surface area (Å²) in [6.07, 6.45) is 0.985. The van der Waals surface area contributed by atoms with Crippen molar-refractivity contribution < 1.29 is 4.79 Å². The van der Waals surface area contributed by atoms with Crippen molar-refractivity contribution in [1.82, 2.24) is 9.55 Å². The van der Waals surface area contributed by atoms with Gasteiger partial charge in [-0.3, -0.25) is 9.36 Å². The zero-order valence-electron chi connectivity index (χ0n) is 16.6. The average Bonchev–Trinajstić information content (AvgIpc) is 3.11. The van der Waals surface area contributed by atoms with Gasteiger partial charge in [0.2, 0.25) is 5.91 Å². The molecule has 4 nitrogen and oxygen atoms in total. The van der Waals surface area contributed by atoms with E-state index in [0.717, 1.165) is 34.0 Å². The van der Waals surface area contributed by atoms with Gasteiger partial charge in [0.25, 0.3) is 0 Å². The lowest BCUT2D eigenvalue weighted by molar-refractivity contribution is -0.113. The summed E-state index contributed by atoms with van der Waals surface area (Å²) in [5.74, 6) is 0.257. The van der Waals surface area contributed by atoms with Crippen molar-refractivity contribution in [2.45, 2.75) is 25.4 Å². The molecule has 0 radical (unpaired) electrons. The van der Waals surface area contributed by atoms with Gasteiger partial charge < -0.3 is 5.32 Å². The van der Waals surface area contributed by atoms with Crippen molar-refractivity contribution in [3.8, 4) is 5.69 Å². The number of nitrogens with one attached hydrogen (secondary N) is 1. The van der Waals surface area contributed by atoms with E-state index in [9.17, 15) is 4.79 Å². The number of rotatable bonds is 6. The Morgan fingerprint density at radius 3 is 2.59 bits per heavy atom. The highest BCUT2D eigenvalue weighted by molar-refractivity contribution is 7.99. The zero-order chi connectivity index (χ0) is 20.2. The lowest BCUT2D eigenvalue weighted by Gasteiger charge is -2.10. The third kappa shape index (κ3) is 4.35. The predicted octanol–water partition coefficient (Wildman–Crippen LogP) is 5.63. The molecular weight excluding hydrogens is 378 g/mol. The molecule has 1 heterocycles. The van der Waals surface area contributed by atoms with Gasteiger partial charge in [-0.25, -0.2) is 4.98 Å². The number of carbonyl (C=O) groups excluding carboxylic acids is 1. The summed E-state index contributed by atoms with van der Waals surface area (Å²) < 4.78 is 2.12. The SMILES string of the molecule is CCc1ccc(NC(=O)CSc2nc3ccccc3n2-c2cccc(C)c2)cc1. The van der Waals surface area contributed by atoms with E-state index >= 15 is 0 Å². The molecule has 0 aliphatic heterocycles. The summed E-state index contributed by atoms with van der Waals surface area (Å²) in [5.41, 5.74) is 6.27. The third-order valence-electron chi connectivity index (χ3n) is 4.77. The Balaban J connectivity index is 1.56. The summed E-state index contributed by atoms with van der Waals surface area (Å²) in [4.78, 5) is 17.3. The minimum absolute atomic E-state index is 0.0397. The van der Waals surface area contributed by atoms with Gasteiger partial charge in [-0.05, 0) is 60.9 Å². The molecular formula is C24H23N3OS. The lowest BCUT2D eigenvalue weighted by Crippen LogP contribution is -2.14. The molecule has 0 atom stereocenters. The van der Waals surface area contributed by atoms with Crippen LogP contribution in [0.4, 0.5) is 5.69 Å². The van der Waals surface area contributed by atoms with Crippen LogP contribution in [0.3, 0.4) is 0 Å². The molecule has 0 saturated carbocycles. The normalized spacial score (nSPS) is 11.0. The number of fused-ring (bicyclic) bond motifs is 1. The molecule has 4 rings (SSSR count). The maximum Gasteiger partial charge on any atom is 0.234 e. The van der Waals surface area contributed by atoms with Crippen LogP contribution >= 0.6 is 11.8 Å². The standard InChI is InChI=1S/C24H23N3OS/c1-3-18-11-13-19(14-12-18)25-23(28)16-29-24-26-21-9-4-5-10-22(21)27(24)20-8-6-7-17(2)15-20/h4-15H,3,16H2,1-2H3,(H,25,28). The van der Waals surface area contributed by atoms with Crippen LogP contribution in [0.1, 0.15) is 18.1 Å². The second kappa shape index (κ2) is 8.53. The summed E-state index contributed by atoms with van der Waals surface area (Å²) >= 11 is 1.45. The summed E-state index contributed by atoms with van der Waals surface area (Å²) in [5, 5.41) is 3.78. The number of carbonyl (C=O) groups is 1. The Morgan fingerprint density at radius 1 is 1.03 bits per heavy atom. The van der Waals surface area contributed by atoms with Crippen molar-refractivity contribution in [1.29, 1.82) is 0 Å². The topological polar surface area (TPSA) is 46.9 Å². The molecule has 3 aromatic carbocycles. The van der Waals surface area contributed by atoms with Crippen LogP contribution < -0.4 is 5.32 Å². The van der Waals surface area contributed by atoms with Gasteiger partial charge in [0.1, 0.15) is 0 Å². The average molecular weight is 402 g/mol. The molecule has 5 heteroatoms. The number of thioether (sulfide) groups is 1. The van der Waals surface area contributed by atoms with Crippen molar-refractivity contribution in [3.05, 3.63) is 83.9 Å². The van der Waals surface area contributed by atoms with E-state index in [0.29, 0.717) is 5.75 Å². The quantitative estimate of drug-likeness (QED) is 0.426. The van der Waals surface area contributed by atoms with E-state index in [1.165, 1.54) is 22.9 Å². The van der Waals surface area contributed by atoms with Crippen LogP contribution in [0.25, 0.3) is 16.7 Å². The number of amides is 1. The van der Waals surface area contributed by atoms with Crippen molar-refractivity contribution in [2.75, 3.05) is 11.1 Å². The number of hydrogen-bond donors (Lipinski definition) is 1. The van der Waals surface area contributed by atoms with Gasteiger partial charge in [0.05, 0.1) is 16.8 Å². The zero-order valence-corrected chi connectivity index (χ0v) is 17.4. The number of anilines is 1. The van der Waals surface area contributed by atoms with E-state index < -0.39 is 0 Å². The molecule has 146 valence electrons. The van der Waals surface area contributed by atoms with Gasteiger partial charge >= 0.3 is 0 Å². The molecule has 0 fully saturated rings. The van der Waals surface area contributed by atoms with E-state index in [4.69, 9.17) is 4.98 Å². The number of para-hydroxylation sites is 2. The Kier molecular flexibility index (Phi) is 5.67. The molecule has 0 unspecified atom stereocenters. The lowest BCUT2D eigenvalue weighted by atomic mass is 10.1. The number of aromatic nitrogens is 2. The molecule has 0 aliphatic rings. The van der Waals surface area contributed by atoms with E-state index in [2.05, 4.69) is 48.0 Å². The fourth-order valence-corrected chi connectivity index (χ4v) is 4.10. The highest BCUT2D eigenvalue weighted by Gasteiger charge is 2.14. The highest BCUT2D eigenvalue weighted by Crippen LogP contribution is 2.28. The van der Waals surface area contributed by atoms with Crippen LogP contribution in [-0.4, -0.2) is 21.2 Å². The first kappa shape index (κ1) is 19.3. The summed E-state index contributed by atoms with van der Waals surface area (Å²) in [6.45, 7) is 4.19. The van der Waals surface area contributed by atoms with E-state index in [1.54, 1.807) is 0 Å². The first-order chi connectivity index (χ1) is 14.1. The van der Waals surface area contributed by atoms with Crippen LogP contribution in [0.2, 0.25) is 0 Å². The minimum Gasteiger partial charge on any atom is -0.325 e. The molecule has 1 aromatic heterocycles. The second-order valence-electron chi connectivity index (χ2n) is 6.94. The fraction of sp³-hybridized carbons (Fsp3) is 0.167. The van der Waals surface area contributed by atoms with Gasteiger partial charge in [-0.15, -0.1) is 0 Å². The molecule has 0 spiro atoms. The van der Waals surface area contributed by atoms with Crippen LogP contribution in [0.5, 0.6) is 0 Å². The maximum absolute atomic E-state index is 12.5. The van der Waals surface area contributed by atoms with Gasteiger partial charge in [0, 0.05) is 11.4 Å². The number of aryl methyl sites for hydroxylation is 2. The first-order valence-electron chi connectivity index (χ1n) is 9.70. The Hall–Kier alpha value is -3.05. The van der Waals surface area contributed by atoms with Crippen molar-refractivity contribution >= 4 is 34.4 Å². The molecule has 1 N–H and O–H groups in total.